The zero-order chi connectivity index (χ0) is 41.9. The minimum absolute atomic E-state index is 0.0620. The van der Waals surface area contributed by atoms with E-state index in [0.717, 1.165) is 4.90 Å². The smallest absolute Gasteiger partial charge is 0.332 e. The molecule has 0 spiro atoms. The molecule has 2 aliphatic rings. The molecule has 2 N–H and O–H groups in total. The number of fused-ring (bicyclic) bond motifs is 1. The van der Waals surface area contributed by atoms with E-state index in [4.69, 9.17) is 52.1 Å². The predicted molar refractivity (Wildman–Crippen MR) is 206 cm³/mol. The maximum absolute atomic E-state index is 13.2. The molecule has 0 saturated carbocycles. The van der Waals surface area contributed by atoms with E-state index in [2.05, 4.69) is 10.6 Å². The van der Waals surface area contributed by atoms with Crippen molar-refractivity contribution in [3.63, 3.8) is 0 Å². The minimum Gasteiger partial charge on any atom is -0.458 e. The normalized spacial score (nSPS) is 15.6. The molecule has 1 atom stereocenters. The lowest BCUT2D eigenvalue weighted by Crippen LogP contribution is -2.54. The molecule has 1 aromatic rings. The first-order valence-electron chi connectivity index (χ1n) is 19.7. The number of hydrogen-bond acceptors (Lipinski definition) is 17. The van der Waals surface area contributed by atoms with Gasteiger partial charge in [-0.15, -0.1) is 0 Å². The van der Waals surface area contributed by atoms with Crippen LogP contribution in [0.15, 0.2) is 18.2 Å². The Morgan fingerprint density at radius 1 is 0.638 bits per heavy atom. The van der Waals surface area contributed by atoms with E-state index in [0.29, 0.717) is 138 Å². The highest BCUT2D eigenvalue weighted by Gasteiger charge is 2.45. The highest BCUT2D eigenvalue weighted by Crippen LogP contribution is 2.32. The molecular weight excluding hydrogens is 766 g/mol. The van der Waals surface area contributed by atoms with Gasteiger partial charge in [-0.2, -0.15) is 0 Å². The number of hydrogen-bond donors (Lipinski definition) is 2. The van der Waals surface area contributed by atoms with Crippen molar-refractivity contribution in [3.8, 4) is 0 Å². The van der Waals surface area contributed by atoms with Gasteiger partial charge in [-0.05, 0) is 39.3 Å². The summed E-state index contributed by atoms with van der Waals surface area (Å²) in [4.78, 5) is 62.4. The monoisotopic (exact) mass is 827 g/mol. The Labute approximate surface area is 339 Å². The molecule has 0 aliphatic carbocycles. The summed E-state index contributed by atoms with van der Waals surface area (Å²) in [7, 11) is 0. The van der Waals surface area contributed by atoms with E-state index in [1.807, 2.05) is 0 Å². The number of esters is 1. The summed E-state index contributed by atoms with van der Waals surface area (Å²) < 4.78 is 59.7. The SMILES string of the molecule is CC(C)(C)OC(=O)COCCOCCOCCOCCOCCOCCOCCOCCOCCOCCNc1cccc2c1C(=O)N(C1CCC(=O)NC1=O)C2=O. The first-order chi connectivity index (χ1) is 28.1. The third-order valence-electron chi connectivity index (χ3n) is 8.02. The molecule has 0 radical (unpaired) electrons. The van der Waals surface area contributed by atoms with Crippen LogP contribution in [0, 0.1) is 0 Å². The topological polar surface area (TPSA) is 214 Å². The minimum atomic E-state index is -1.01. The summed E-state index contributed by atoms with van der Waals surface area (Å²) in [6.45, 7) is 13.6. The van der Waals surface area contributed by atoms with E-state index in [1.54, 1.807) is 39.0 Å². The third-order valence-corrected chi connectivity index (χ3v) is 8.02. The van der Waals surface area contributed by atoms with Gasteiger partial charge in [0.1, 0.15) is 18.2 Å². The van der Waals surface area contributed by atoms with Gasteiger partial charge in [0.15, 0.2) is 0 Å². The number of carbonyl (C=O) groups is 5. The Bertz CT molecular complexity index is 1390. The van der Waals surface area contributed by atoms with Crippen LogP contribution >= 0.6 is 0 Å². The quantitative estimate of drug-likeness (QED) is 0.0564. The number of nitrogens with one attached hydrogen (secondary N) is 2. The van der Waals surface area contributed by atoms with Crippen LogP contribution in [0.3, 0.4) is 0 Å². The van der Waals surface area contributed by atoms with Crippen molar-refractivity contribution in [2.75, 3.05) is 144 Å². The number of piperidine rings is 1. The maximum atomic E-state index is 13.2. The van der Waals surface area contributed by atoms with E-state index in [-0.39, 0.29) is 30.6 Å². The Morgan fingerprint density at radius 2 is 1.07 bits per heavy atom. The van der Waals surface area contributed by atoms with Gasteiger partial charge in [-0.1, -0.05) is 6.07 Å². The van der Waals surface area contributed by atoms with Crippen molar-refractivity contribution in [2.45, 2.75) is 45.3 Å². The van der Waals surface area contributed by atoms with Gasteiger partial charge in [-0.25, -0.2) is 4.79 Å². The van der Waals surface area contributed by atoms with Crippen molar-refractivity contribution >= 4 is 35.3 Å². The number of ether oxygens (including phenoxy) is 11. The van der Waals surface area contributed by atoms with E-state index < -0.39 is 41.2 Å². The lowest BCUT2D eigenvalue weighted by Gasteiger charge is -2.27. The van der Waals surface area contributed by atoms with Crippen molar-refractivity contribution < 1.29 is 76.1 Å². The molecular formula is C39H61N3O16. The summed E-state index contributed by atoms with van der Waals surface area (Å²) in [5.41, 5.74) is 0.369. The number of imide groups is 2. The van der Waals surface area contributed by atoms with Crippen molar-refractivity contribution in [3.05, 3.63) is 29.3 Å². The van der Waals surface area contributed by atoms with Crippen LogP contribution in [0.5, 0.6) is 0 Å². The van der Waals surface area contributed by atoms with Gasteiger partial charge in [-0.3, -0.25) is 29.4 Å². The summed E-state index contributed by atoms with van der Waals surface area (Å²) in [6.07, 6.45) is 0.162. The maximum Gasteiger partial charge on any atom is 0.332 e. The molecule has 19 heteroatoms. The number of anilines is 1. The second-order valence-corrected chi connectivity index (χ2v) is 13.8. The second kappa shape index (κ2) is 28.7. The van der Waals surface area contributed by atoms with Gasteiger partial charge < -0.3 is 57.4 Å². The molecule has 1 saturated heterocycles. The molecule has 1 aromatic carbocycles. The molecule has 2 heterocycles. The summed E-state index contributed by atoms with van der Waals surface area (Å²) in [5, 5.41) is 5.33. The molecule has 1 unspecified atom stereocenters. The van der Waals surface area contributed by atoms with Gasteiger partial charge in [0, 0.05) is 18.7 Å². The van der Waals surface area contributed by atoms with E-state index in [1.165, 1.54) is 0 Å². The first kappa shape index (κ1) is 48.7. The average Bonchev–Trinajstić information content (AvgIpc) is 3.43. The average molecular weight is 828 g/mol. The Balaban J connectivity index is 1.00. The zero-order valence-corrected chi connectivity index (χ0v) is 34.1. The van der Waals surface area contributed by atoms with Gasteiger partial charge in [0.2, 0.25) is 11.8 Å². The number of benzene rings is 1. The largest absolute Gasteiger partial charge is 0.458 e. The number of rotatable bonds is 34. The molecule has 3 rings (SSSR count). The second-order valence-electron chi connectivity index (χ2n) is 13.8. The summed E-state index contributed by atoms with van der Waals surface area (Å²) >= 11 is 0. The van der Waals surface area contributed by atoms with Gasteiger partial charge in [0.05, 0.1) is 137 Å². The Hall–Kier alpha value is -3.63. The van der Waals surface area contributed by atoms with Crippen LogP contribution in [0.4, 0.5) is 5.69 Å². The van der Waals surface area contributed by atoms with E-state index in [9.17, 15) is 24.0 Å². The van der Waals surface area contributed by atoms with Crippen LogP contribution in [0.1, 0.15) is 54.3 Å². The Morgan fingerprint density at radius 3 is 1.50 bits per heavy atom. The van der Waals surface area contributed by atoms with Crippen molar-refractivity contribution in [1.82, 2.24) is 10.2 Å². The molecule has 19 nitrogen and oxygen atoms in total. The molecule has 58 heavy (non-hydrogen) atoms. The fourth-order valence-electron chi connectivity index (χ4n) is 5.43. The van der Waals surface area contributed by atoms with E-state index >= 15 is 0 Å². The fourth-order valence-corrected chi connectivity index (χ4v) is 5.43. The number of nitrogens with zero attached hydrogens (tertiary/aromatic N) is 1. The number of amides is 4. The molecule has 4 amide bonds. The zero-order valence-electron chi connectivity index (χ0n) is 34.1. The standard InChI is InChI=1S/C39H61N3O16/c1-39(2,3)58-34(44)29-57-28-27-56-26-25-55-24-23-54-22-21-53-20-19-52-18-17-51-16-15-50-14-13-49-12-11-48-10-9-40-31-6-4-5-30-35(31)38(47)42(37(30)46)32-7-8-33(43)41-36(32)45/h4-6,32,40H,7-29H2,1-3H3,(H,41,43,45). The molecule has 0 aromatic heterocycles. The van der Waals surface area contributed by atoms with Crippen LogP contribution in [0.2, 0.25) is 0 Å². The van der Waals surface area contributed by atoms with Crippen LogP contribution in [-0.4, -0.2) is 185 Å². The van der Waals surface area contributed by atoms with Crippen molar-refractivity contribution in [2.24, 2.45) is 0 Å². The van der Waals surface area contributed by atoms with Crippen LogP contribution in [0.25, 0.3) is 0 Å². The van der Waals surface area contributed by atoms with Gasteiger partial charge in [0.25, 0.3) is 11.8 Å². The number of carbonyl (C=O) groups excluding carboxylic acids is 5. The van der Waals surface area contributed by atoms with Crippen LogP contribution in [-0.2, 0) is 66.5 Å². The summed E-state index contributed by atoms with van der Waals surface area (Å²) in [6, 6.07) is 3.89. The predicted octanol–water partition coefficient (Wildman–Crippen LogP) is 1.01. The molecule has 0 bridgehead atoms. The van der Waals surface area contributed by atoms with Crippen LogP contribution < -0.4 is 10.6 Å². The molecule has 1 fully saturated rings. The summed E-state index contributed by atoms with van der Waals surface area (Å²) in [5.74, 6) is -2.58. The fraction of sp³-hybridized carbons (Fsp3) is 0.718. The third kappa shape index (κ3) is 19.9. The molecule has 2 aliphatic heterocycles. The molecule has 328 valence electrons. The highest BCUT2D eigenvalue weighted by atomic mass is 16.6. The lowest BCUT2D eigenvalue weighted by atomic mass is 10.0. The highest BCUT2D eigenvalue weighted by molar-refractivity contribution is 6.25. The van der Waals surface area contributed by atoms with Gasteiger partial charge >= 0.3 is 5.97 Å². The Kier molecular flexibility index (Phi) is 24.1. The lowest BCUT2D eigenvalue weighted by molar-refractivity contribution is -0.160. The van der Waals surface area contributed by atoms with Crippen molar-refractivity contribution in [1.29, 1.82) is 0 Å². The first-order valence-corrected chi connectivity index (χ1v) is 19.7.